The van der Waals surface area contributed by atoms with E-state index in [9.17, 15) is 14.4 Å². The SMILES string of the molecule is O=C(C1CC1)N1CCC2(Cc3nn(Cc4ccccc4)c(=O)c(=O)n3C2)C1. The Bertz CT molecular complexity index is 1020. The molecular weight excluding hydrogens is 344 g/mol. The molecule has 140 valence electrons. The van der Waals surface area contributed by atoms with Gasteiger partial charge in [0, 0.05) is 37.4 Å². The van der Waals surface area contributed by atoms with E-state index in [0.29, 0.717) is 31.9 Å². The van der Waals surface area contributed by atoms with Crippen LogP contribution < -0.4 is 11.1 Å². The Balaban J connectivity index is 1.42. The highest BCUT2D eigenvalue weighted by molar-refractivity contribution is 5.81. The maximum Gasteiger partial charge on any atom is 0.332 e. The van der Waals surface area contributed by atoms with Crippen LogP contribution in [-0.4, -0.2) is 38.2 Å². The van der Waals surface area contributed by atoms with E-state index in [1.54, 1.807) is 0 Å². The average molecular weight is 366 g/mol. The molecule has 2 fully saturated rings. The van der Waals surface area contributed by atoms with Crippen molar-refractivity contribution in [2.45, 2.75) is 38.8 Å². The molecule has 5 rings (SSSR count). The zero-order chi connectivity index (χ0) is 18.6. The smallest absolute Gasteiger partial charge is 0.332 e. The minimum atomic E-state index is -0.580. The fourth-order valence-electron chi connectivity index (χ4n) is 4.45. The molecule has 7 nitrogen and oxygen atoms in total. The average Bonchev–Trinajstić information content (AvgIpc) is 3.36. The quantitative estimate of drug-likeness (QED) is 0.747. The van der Waals surface area contributed by atoms with E-state index < -0.39 is 11.1 Å². The second-order valence-corrected chi connectivity index (χ2v) is 8.22. The summed E-state index contributed by atoms with van der Waals surface area (Å²) in [5, 5.41) is 4.51. The van der Waals surface area contributed by atoms with E-state index in [-0.39, 0.29) is 17.2 Å². The molecule has 1 atom stereocenters. The van der Waals surface area contributed by atoms with Crippen molar-refractivity contribution in [2.75, 3.05) is 13.1 Å². The number of amides is 1. The Morgan fingerprint density at radius 3 is 2.63 bits per heavy atom. The van der Waals surface area contributed by atoms with Crippen molar-refractivity contribution in [3.05, 3.63) is 62.4 Å². The van der Waals surface area contributed by atoms with Crippen LogP contribution in [0.5, 0.6) is 0 Å². The van der Waals surface area contributed by atoms with Crippen LogP contribution in [0.2, 0.25) is 0 Å². The Hall–Kier alpha value is -2.70. The highest BCUT2D eigenvalue weighted by Crippen LogP contribution is 2.41. The Kier molecular flexibility index (Phi) is 3.60. The van der Waals surface area contributed by atoms with Crippen LogP contribution in [-0.2, 0) is 24.3 Å². The van der Waals surface area contributed by atoms with Gasteiger partial charge in [-0.15, -0.1) is 0 Å². The second kappa shape index (κ2) is 5.90. The molecule has 1 spiro atoms. The molecule has 2 aliphatic heterocycles. The van der Waals surface area contributed by atoms with Crippen molar-refractivity contribution in [1.82, 2.24) is 19.2 Å². The summed E-state index contributed by atoms with van der Waals surface area (Å²) in [7, 11) is 0. The van der Waals surface area contributed by atoms with Crippen LogP contribution in [0.3, 0.4) is 0 Å². The van der Waals surface area contributed by atoms with Gasteiger partial charge in [0.2, 0.25) is 5.91 Å². The summed E-state index contributed by atoms with van der Waals surface area (Å²) in [5.74, 6) is 1.13. The lowest BCUT2D eigenvalue weighted by atomic mass is 9.86. The second-order valence-electron chi connectivity index (χ2n) is 8.22. The number of benzene rings is 1. The zero-order valence-corrected chi connectivity index (χ0v) is 15.1. The molecule has 0 bridgehead atoms. The van der Waals surface area contributed by atoms with Gasteiger partial charge in [0.15, 0.2) is 0 Å². The van der Waals surface area contributed by atoms with Gasteiger partial charge < -0.3 is 4.90 Å². The number of aromatic nitrogens is 3. The van der Waals surface area contributed by atoms with Crippen LogP contribution in [0.1, 0.15) is 30.7 Å². The first kappa shape index (κ1) is 16.5. The first-order valence-corrected chi connectivity index (χ1v) is 9.58. The predicted molar refractivity (Wildman–Crippen MR) is 98.4 cm³/mol. The van der Waals surface area contributed by atoms with E-state index in [1.807, 2.05) is 35.2 Å². The van der Waals surface area contributed by atoms with Crippen LogP contribution in [0.4, 0.5) is 0 Å². The molecule has 1 unspecified atom stereocenters. The van der Waals surface area contributed by atoms with E-state index >= 15 is 0 Å². The van der Waals surface area contributed by atoms with Gasteiger partial charge in [0.1, 0.15) is 5.82 Å². The van der Waals surface area contributed by atoms with Crippen LogP contribution in [0.25, 0.3) is 0 Å². The molecule has 0 radical (unpaired) electrons. The van der Waals surface area contributed by atoms with Gasteiger partial charge >= 0.3 is 11.1 Å². The number of carbonyl (C=O) groups is 1. The summed E-state index contributed by atoms with van der Waals surface area (Å²) in [4.78, 5) is 39.5. The number of fused-ring (bicyclic) bond motifs is 1. The third-order valence-corrected chi connectivity index (χ3v) is 6.09. The Morgan fingerprint density at radius 1 is 1.11 bits per heavy atom. The van der Waals surface area contributed by atoms with Gasteiger partial charge in [-0.3, -0.25) is 19.0 Å². The molecule has 27 heavy (non-hydrogen) atoms. The molecule has 0 N–H and O–H groups in total. The van der Waals surface area contributed by atoms with E-state index in [1.165, 1.54) is 9.25 Å². The third kappa shape index (κ3) is 2.81. The molecular formula is C20H22N4O3. The largest absolute Gasteiger partial charge is 0.342 e. The number of hydrogen-bond donors (Lipinski definition) is 0. The minimum Gasteiger partial charge on any atom is -0.342 e. The molecule has 1 aromatic heterocycles. The van der Waals surface area contributed by atoms with Crippen LogP contribution in [0, 0.1) is 11.3 Å². The standard InChI is InChI=1S/C20H22N4O3/c25-17(15-6-7-15)22-9-8-20(12-22)10-16-21-24(11-14-4-2-1-3-5-14)19(27)18(26)23(16)13-20/h1-5,15H,6-13H2. The Morgan fingerprint density at radius 2 is 1.89 bits per heavy atom. The molecule has 1 amide bonds. The molecule has 1 saturated carbocycles. The number of hydrogen-bond acceptors (Lipinski definition) is 4. The topological polar surface area (TPSA) is 77.2 Å². The number of likely N-dealkylation sites (tertiary alicyclic amines) is 1. The Labute approximate surface area is 156 Å². The van der Waals surface area contributed by atoms with Crippen molar-refractivity contribution in [1.29, 1.82) is 0 Å². The molecule has 1 aliphatic carbocycles. The molecule has 3 heterocycles. The summed E-state index contributed by atoms with van der Waals surface area (Å²) in [5.41, 5.74) is -0.295. The van der Waals surface area contributed by atoms with Gasteiger partial charge in [-0.2, -0.15) is 5.10 Å². The molecule has 7 heteroatoms. The molecule has 1 aromatic carbocycles. The minimum absolute atomic E-state index is 0.151. The van der Waals surface area contributed by atoms with Crippen molar-refractivity contribution in [3.63, 3.8) is 0 Å². The monoisotopic (exact) mass is 366 g/mol. The summed E-state index contributed by atoms with van der Waals surface area (Å²) < 4.78 is 2.82. The number of nitrogens with zero attached hydrogens (tertiary/aromatic N) is 4. The molecule has 3 aliphatic rings. The summed E-state index contributed by atoms with van der Waals surface area (Å²) in [6, 6.07) is 9.55. The van der Waals surface area contributed by atoms with Crippen molar-refractivity contribution in [2.24, 2.45) is 11.3 Å². The van der Waals surface area contributed by atoms with Gasteiger partial charge in [-0.1, -0.05) is 30.3 Å². The van der Waals surface area contributed by atoms with Crippen molar-refractivity contribution in [3.8, 4) is 0 Å². The fraction of sp³-hybridized carbons (Fsp3) is 0.500. The zero-order valence-electron chi connectivity index (χ0n) is 15.1. The van der Waals surface area contributed by atoms with Crippen LogP contribution >= 0.6 is 0 Å². The van der Waals surface area contributed by atoms with Crippen LogP contribution in [0.15, 0.2) is 39.9 Å². The summed E-state index contributed by atoms with van der Waals surface area (Å²) in [6.45, 7) is 2.19. The third-order valence-electron chi connectivity index (χ3n) is 6.09. The van der Waals surface area contributed by atoms with E-state index in [4.69, 9.17) is 0 Å². The summed E-state index contributed by atoms with van der Waals surface area (Å²) >= 11 is 0. The van der Waals surface area contributed by atoms with Gasteiger partial charge in [-0.05, 0) is 24.8 Å². The maximum atomic E-state index is 12.7. The van der Waals surface area contributed by atoms with E-state index in [2.05, 4.69) is 5.10 Å². The fourth-order valence-corrected chi connectivity index (χ4v) is 4.45. The maximum absolute atomic E-state index is 12.7. The van der Waals surface area contributed by atoms with Gasteiger partial charge in [0.25, 0.3) is 0 Å². The van der Waals surface area contributed by atoms with Crippen molar-refractivity contribution >= 4 is 5.91 Å². The predicted octanol–water partition coefficient (Wildman–Crippen LogP) is 0.638. The van der Waals surface area contributed by atoms with E-state index in [0.717, 1.165) is 31.4 Å². The highest BCUT2D eigenvalue weighted by Gasteiger charge is 2.47. The van der Waals surface area contributed by atoms with Gasteiger partial charge in [0.05, 0.1) is 6.54 Å². The first-order valence-electron chi connectivity index (χ1n) is 9.58. The number of carbonyl (C=O) groups excluding carboxylic acids is 1. The molecule has 1 saturated heterocycles. The lowest BCUT2D eigenvalue weighted by Crippen LogP contribution is -2.43. The highest BCUT2D eigenvalue weighted by atomic mass is 16.2. The number of rotatable bonds is 3. The van der Waals surface area contributed by atoms with Crippen molar-refractivity contribution < 1.29 is 4.79 Å². The first-order chi connectivity index (χ1) is 13.0. The normalized spacial score (nSPS) is 23.8. The molecule has 2 aromatic rings. The summed E-state index contributed by atoms with van der Waals surface area (Å²) in [6.07, 6.45) is 3.51. The van der Waals surface area contributed by atoms with Gasteiger partial charge in [-0.25, -0.2) is 4.68 Å². The lowest BCUT2D eigenvalue weighted by molar-refractivity contribution is -0.131. The lowest BCUT2D eigenvalue weighted by Gasteiger charge is -2.22.